The van der Waals surface area contributed by atoms with Gasteiger partial charge < -0.3 is 14.9 Å². The van der Waals surface area contributed by atoms with Crippen molar-refractivity contribution in [3.05, 3.63) is 11.6 Å². The maximum absolute atomic E-state index is 10.6. The van der Waals surface area contributed by atoms with Crippen molar-refractivity contribution in [3.63, 3.8) is 0 Å². The first-order valence-electron chi connectivity index (χ1n) is 3.38. The van der Waals surface area contributed by atoms with Crippen LogP contribution in [0.5, 0.6) is 0 Å². The summed E-state index contributed by atoms with van der Waals surface area (Å²) in [6, 6.07) is 0. The largest absolute Gasteiger partial charge is 0.481 e. The van der Waals surface area contributed by atoms with Crippen LogP contribution >= 0.6 is 0 Å². The molecule has 0 bridgehead atoms. The predicted octanol–water partition coefficient (Wildman–Crippen LogP) is -0.603. The van der Waals surface area contributed by atoms with Crippen molar-refractivity contribution in [3.8, 4) is 0 Å². The molecule has 0 fully saturated rings. The first kappa shape index (κ1) is 9.24. The fourth-order valence-electron chi connectivity index (χ4n) is 0.967. The van der Waals surface area contributed by atoms with Gasteiger partial charge in [-0.15, -0.1) is 0 Å². The molecule has 0 aliphatic carbocycles. The number of cyclic esters (lactones) is 1. The third-order valence-electron chi connectivity index (χ3n) is 1.49. The molecule has 1 rings (SSSR count). The second kappa shape index (κ2) is 3.26. The molecule has 1 aliphatic rings. The maximum Gasteiger partial charge on any atom is 0.335 e. The van der Waals surface area contributed by atoms with Gasteiger partial charge in [0.25, 0.3) is 0 Å². The number of carbonyl (C=O) groups is 3. The Labute approximate surface area is 72.4 Å². The Morgan fingerprint density at radius 2 is 2.08 bits per heavy atom. The van der Waals surface area contributed by atoms with Gasteiger partial charge in [-0.25, -0.2) is 9.59 Å². The Hall–Kier alpha value is -1.85. The van der Waals surface area contributed by atoms with Crippen molar-refractivity contribution in [1.82, 2.24) is 0 Å². The quantitative estimate of drug-likeness (QED) is 0.570. The van der Waals surface area contributed by atoms with Gasteiger partial charge in [-0.3, -0.25) is 4.79 Å². The summed E-state index contributed by atoms with van der Waals surface area (Å²) < 4.78 is 4.45. The van der Waals surface area contributed by atoms with Gasteiger partial charge in [-0.05, 0) is 0 Å². The number of carboxylic acids is 2. The third-order valence-corrected chi connectivity index (χ3v) is 1.49. The van der Waals surface area contributed by atoms with Gasteiger partial charge in [0.05, 0.1) is 12.0 Å². The molecule has 0 spiro atoms. The second-order valence-corrected chi connectivity index (χ2v) is 2.43. The van der Waals surface area contributed by atoms with Crippen molar-refractivity contribution < 1.29 is 29.3 Å². The van der Waals surface area contributed by atoms with Crippen molar-refractivity contribution in [2.75, 3.05) is 0 Å². The first-order valence-corrected chi connectivity index (χ1v) is 3.38. The topological polar surface area (TPSA) is 101 Å². The van der Waals surface area contributed by atoms with Gasteiger partial charge in [0.1, 0.15) is 6.10 Å². The van der Waals surface area contributed by atoms with Crippen molar-refractivity contribution in [2.45, 2.75) is 12.5 Å². The van der Waals surface area contributed by atoms with Gasteiger partial charge in [0, 0.05) is 6.08 Å². The van der Waals surface area contributed by atoms with Crippen LogP contribution in [-0.4, -0.2) is 34.2 Å². The van der Waals surface area contributed by atoms with Gasteiger partial charge >= 0.3 is 17.9 Å². The number of carbonyl (C=O) groups excluding carboxylic acids is 1. The Kier molecular flexibility index (Phi) is 2.32. The van der Waals surface area contributed by atoms with Crippen LogP contribution in [0, 0.1) is 0 Å². The molecule has 0 saturated heterocycles. The molecule has 2 N–H and O–H groups in total. The fraction of sp³-hybridized carbons (Fsp3) is 0.286. The van der Waals surface area contributed by atoms with Gasteiger partial charge in [0.2, 0.25) is 0 Å². The van der Waals surface area contributed by atoms with Crippen LogP contribution in [0.15, 0.2) is 11.6 Å². The first-order chi connectivity index (χ1) is 6.00. The van der Waals surface area contributed by atoms with E-state index in [0.29, 0.717) is 0 Å². The molecule has 70 valence electrons. The number of esters is 1. The Bertz CT molecular complexity index is 302. The van der Waals surface area contributed by atoms with Gasteiger partial charge in [0.15, 0.2) is 0 Å². The molecule has 0 aromatic carbocycles. The number of rotatable bonds is 3. The van der Waals surface area contributed by atoms with Crippen LogP contribution < -0.4 is 0 Å². The van der Waals surface area contributed by atoms with Crippen LogP contribution in [0.3, 0.4) is 0 Å². The third kappa shape index (κ3) is 2.05. The summed E-state index contributed by atoms with van der Waals surface area (Å²) in [5, 5.41) is 16.9. The van der Waals surface area contributed by atoms with E-state index in [-0.39, 0.29) is 5.57 Å². The zero-order valence-corrected chi connectivity index (χ0v) is 6.39. The van der Waals surface area contributed by atoms with E-state index in [4.69, 9.17) is 10.2 Å². The van der Waals surface area contributed by atoms with E-state index >= 15 is 0 Å². The summed E-state index contributed by atoms with van der Waals surface area (Å²) in [4.78, 5) is 31.3. The summed E-state index contributed by atoms with van der Waals surface area (Å²) in [5.41, 5.74) is -0.313. The lowest BCUT2D eigenvalue weighted by atomic mass is 10.1. The van der Waals surface area contributed by atoms with Crippen LogP contribution in [0.2, 0.25) is 0 Å². The molecule has 0 amide bonds. The van der Waals surface area contributed by atoms with E-state index in [1.807, 2.05) is 0 Å². The molecule has 0 saturated carbocycles. The van der Waals surface area contributed by atoms with E-state index in [1.165, 1.54) is 0 Å². The monoisotopic (exact) mass is 186 g/mol. The van der Waals surface area contributed by atoms with Crippen molar-refractivity contribution >= 4 is 17.9 Å². The van der Waals surface area contributed by atoms with Crippen LogP contribution in [-0.2, 0) is 19.1 Å². The number of carboxylic acid groups (broad SMARTS) is 2. The zero-order chi connectivity index (χ0) is 10.0. The highest BCUT2D eigenvalue weighted by molar-refractivity contribution is 6.00. The standard InChI is InChI=1S/C7H6O6/c8-5(9)2-4-3(7(11)12)1-6(10)13-4/h1,4H,2H2,(H,8,9)(H,11,12)/t4-/m1/s1. The normalized spacial score (nSPS) is 20.8. The van der Waals surface area contributed by atoms with Gasteiger partial charge in [-0.2, -0.15) is 0 Å². The van der Waals surface area contributed by atoms with E-state index in [2.05, 4.69) is 4.74 Å². The lowest BCUT2D eigenvalue weighted by Gasteiger charge is -2.07. The van der Waals surface area contributed by atoms with Crippen molar-refractivity contribution in [1.29, 1.82) is 0 Å². The number of aliphatic carboxylic acids is 2. The lowest BCUT2D eigenvalue weighted by Crippen LogP contribution is -2.20. The second-order valence-electron chi connectivity index (χ2n) is 2.43. The molecule has 6 heteroatoms. The molecule has 1 atom stereocenters. The highest BCUT2D eigenvalue weighted by Crippen LogP contribution is 2.18. The van der Waals surface area contributed by atoms with Crippen molar-refractivity contribution in [2.24, 2.45) is 0 Å². The molecule has 1 heterocycles. The number of hydrogen-bond acceptors (Lipinski definition) is 4. The van der Waals surface area contributed by atoms with E-state index < -0.39 is 30.4 Å². The van der Waals surface area contributed by atoms with Crippen LogP contribution in [0.1, 0.15) is 6.42 Å². The average Bonchev–Trinajstić information content (AvgIpc) is 2.29. The lowest BCUT2D eigenvalue weighted by molar-refractivity contribution is -0.145. The molecular formula is C7H6O6. The van der Waals surface area contributed by atoms with E-state index in [1.54, 1.807) is 0 Å². The summed E-state index contributed by atoms with van der Waals surface area (Å²) >= 11 is 0. The molecule has 0 radical (unpaired) electrons. The highest BCUT2D eigenvalue weighted by Gasteiger charge is 2.32. The molecule has 0 unspecified atom stereocenters. The summed E-state index contributed by atoms with van der Waals surface area (Å²) in [7, 11) is 0. The molecule has 0 aromatic rings. The number of hydrogen-bond donors (Lipinski definition) is 2. The molecule has 1 aliphatic heterocycles. The van der Waals surface area contributed by atoms with Crippen LogP contribution in [0.4, 0.5) is 0 Å². The Morgan fingerprint density at radius 3 is 2.54 bits per heavy atom. The molecule has 0 aromatic heterocycles. The molecular weight excluding hydrogens is 180 g/mol. The zero-order valence-electron chi connectivity index (χ0n) is 6.39. The van der Waals surface area contributed by atoms with Gasteiger partial charge in [-0.1, -0.05) is 0 Å². The fourth-order valence-corrected chi connectivity index (χ4v) is 0.967. The Morgan fingerprint density at radius 1 is 1.46 bits per heavy atom. The minimum Gasteiger partial charge on any atom is -0.481 e. The minimum absolute atomic E-state index is 0.313. The predicted molar refractivity (Wildman–Crippen MR) is 37.9 cm³/mol. The highest BCUT2D eigenvalue weighted by atomic mass is 16.6. The number of ether oxygens (including phenoxy) is 1. The summed E-state index contributed by atoms with van der Waals surface area (Å²) in [6.45, 7) is 0. The minimum atomic E-state index is -1.34. The smallest absolute Gasteiger partial charge is 0.335 e. The maximum atomic E-state index is 10.6. The Balaban J connectivity index is 2.77. The SMILES string of the molecule is O=C(O)C[C@H]1OC(=O)C=C1C(=O)O. The molecule has 13 heavy (non-hydrogen) atoms. The summed E-state index contributed by atoms with van der Waals surface area (Å²) in [6.07, 6.45) is -0.901. The van der Waals surface area contributed by atoms with E-state index in [0.717, 1.165) is 6.08 Å². The summed E-state index contributed by atoms with van der Waals surface area (Å²) in [5.74, 6) is -3.37. The average molecular weight is 186 g/mol. The van der Waals surface area contributed by atoms with Crippen LogP contribution in [0.25, 0.3) is 0 Å². The molecule has 6 nitrogen and oxygen atoms in total. The van der Waals surface area contributed by atoms with E-state index in [9.17, 15) is 14.4 Å².